The minimum atomic E-state index is -0.969. The lowest BCUT2D eigenvalue weighted by atomic mass is 10.0. The van der Waals surface area contributed by atoms with Gasteiger partial charge in [0.25, 0.3) is 0 Å². The van der Waals surface area contributed by atoms with E-state index in [1.54, 1.807) is 43.3 Å². The normalized spacial score (nSPS) is 12.4. The van der Waals surface area contributed by atoms with Crippen molar-refractivity contribution in [3.8, 4) is 0 Å². The van der Waals surface area contributed by atoms with Gasteiger partial charge in [0.2, 0.25) is 0 Å². The maximum atomic E-state index is 12.0. The van der Waals surface area contributed by atoms with Crippen LogP contribution < -0.4 is 0 Å². The number of aliphatic carboxylic acids is 1. The third-order valence-corrected chi connectivity index (χ3v) is 2.35. The number of hydrogen-bond acceptors (Lipinski definition) is 3. The van der Waals surface area contributed by atoms with Crippen molar-refractivity contribution in [2.45, 2.75) is 12.5 Å². The summed E-state index contributed by atoms with van der Waals surface area (Å²) in [6.07, 6.45) is -0.180. The third kappa shape index (κ3) is 3.17. The van der Waals surface area contributed by atoms with Crippen molar-refractivity contribution in [1.82, 2.24) is 4.90 Å². The summed E-state index contributed by atoms with van der Waals surface area (Å²) in [5, 5.41) is 8.75. The van der Waals surface area contributed by atoms with E-state index in [4.69, 9.17) is 5.11 Å². The Morgan fingerprint density at radius 3 is 2.25 bits per heavy atom. The molecule has 0 amide bonds. The van der Waals surface area contributed by atoms with Crippen molar-refractivity contribution in [3.63, 3.8) is 0 Å². The Bertz CT molecular complexity index is 373. The van der Waals surface area contributed by atoms with Crippen molar-refractivity contribution in [1.29, 1.82) is 0 Å². The summed E-state index contributed by atoms with van der Waals surface area (Å²) in [4.78, 5) is 24.3. The second kappa shape index (κ2) is 5.42. The Morgan fingerprint density at radius 2 is 1.81 bits per heavy atom. The van der Waals surface area contributed by atoms with Crippen LogP contribution in [0.1, 0.15) is 16.8 Å². The van der Waals surface area contributed by atoms with Crippen LogP contribution in [0.25, 0.3) is 0 Å². The molecule has 1 atom stereocenters. The van der Waals surface area contributed by atoms with E-state index in [2.05, 4.69) is 0 Å². The van der Waals surface area contributed by atoms with Crippen LogP contribution in [-0.4, -0.2) is 41.9 Å². The first-order valence-electron chi connectivity index (χ1n) is 5.00. The van der Waals surface area contributed by atoms with Gasteiger partial charge < -0.3 is 5.11 Å². The molecule has 1 N–H and O–H groups in total. The van der Waals surface area contributed by atoms with Crippen molar-refractivity contribution < 1.29 is 14.7 Å². The van der Waals surface area contributed by atoms with Gasteiger partial charge in [-0.1, -0.05) is 30.3 Å². The molecule has 0 aliphatic carbocycles. The van der Waals surface area contributed by atoms with Crippen LogP contribution >= 0.6 is 0 Å². The summed E-state index contributed by atoms with van der Waals surface area (Å²) < 4.78 is 0. The van der Waals surface area contributed by atoms with E-state index in [0.29, 0.717) is 5.56 Å². The molecule has 1 aromatic rings. The lowest BCUT2D eigenvalue weighted by molar-refractivity contribution is -0.137. The van der Waals surface area contributed by atoms with Crippen LogP contribution in [0.15, 0.2) is 30.3 Å². The molecule has 0 radical (unpaired) electrons. The first-order chi connectivity index (χ1) is 7.52. The largest absolute Gasteiger partial charge is 0.481 e. The van der Waals surface area contributed by atoms with Gasteiger partial charge in [0.05, 0.1) is 12.5 Å². The second-order valence-electron chi connectivity index (χ2n) is 3.81. The van der Waals surface area contributed by atoms with E-state index >= 15 is 0 Å². The van der Waals surface area contributed by atoms with Crippen LogP contribution in [0, 0.1) is 0 Å². The molecule has 0 aromatic heterocycles. The van der Waals surface area contributed by atoms with Gasteiger partial charge in [-0.05, 0) is 14.1 Å². The molecule has 4 nitrogen and oxygen atoms in total. The van der Waals surface area contributed by atoms with E-state index in [9.17, 15) is 9.59 Å². The molecule has 1 unspecified atom stereocenters. The Labute approximate surface area is 94.5 Å². The molecular formula is C12H15NO3. The summed E-state index contributed by atoms with van der Waals surface area (Å²) in [6, 6.07) is 8.13. The number of ketones is 1. The van der Waals surface area contributed by atoms with Gasteiger partial charge in [-0.3, -0.25) is 14.5 Å². The molecule has 0 saturated carbocycles. The lowest BCUT2D eigenvalue weighted by Crippen LogP contribution is -2.37. The Hall–Kier alpha value is -1.68. The molecule has 4 heteroatoms. The molecule has 86 valence electrons. The Morgan fingerprint density at radius 1 is 1.25 bits per heavy atom. The predicted octanol–water partition coefficient (Wildman–Crippen LogP) is 1.27. The van der Waals surface area contributed by atoms with Gasteiger partial charge in [0.1, 0.15) is 0 Å². The summed E-state index contributed by atoms with van der Waals surface area (Å²) in [7, 11) is 3.41. The van der Waals surface area contributed by atoms with Gasteiger partial charge in [-0.25, -0.2) is 0 Å². The Balaban J connectivity index is 2.88. The minimum absolute atomic E-state index is 0.159. The molecule has 1 aromatic carbocycles. The van der Waals surface area contributed by atoms with Gasteiger partial charge in [-0.15, -0.1) is 0 Å². The van der Waals surface area contributed by atoms with Gasteiger partial charge in [-0.2, -0.15) is 0 Å². The molecule has 0 aliphatic rings. The number of likely N-dealkylation sites (N-methyl/N-ethyl adjacent to an activating group) is 1. The molecule has 16 heavy (non-hydrogen) atoms. The molecule has 1 rings (SSSR count). The molecule has 0 saturated heterocycles. The highest BCUT2D eigenvalue weighted by Crippen LogP contribution is 2.10. The lowest BCUT2D eigenvalue weighted by Gasteiger charge is -2.21. The summed E-state index contributed by atoms with van der Waals surface area (Å²) in [5.41, 5.74) is 0.544. The van der Waals surface area contributed by atoms with Crippen molar-refractivity contribution >= 4 is 11.8 Å². The van der Waals surface area contributed by atoms with Crippen LogP contribution in [0.2, 0.25) is 0 Å². The van der Waals surface area contributed by atoms with Gasteiger partial charge in [0.15, 0.2) is 5.78 Å². The zero-order valence-electron chi connectivity index (χ0n) is 9.38. The monoisotopic (exact) mass is 221 g/mol. The van der Waals surface area contributed by atoms with E-state index in [-0.39, 0.29) is 12.2 Å². The number of rotatable bonds is 5. The number of carboxylic acids is 1. The fourth-order valence-corrected chi connectivity index (χ4v) is 1.47. The van der Waals surface area contributed by atoms with E-state index < -0.39 is 12.0 Å². The highest BCUT2D eigenvalue weighted by atomic mass is 16.4. The first-order valence-corrected chi connectivity index (χ1v) is 5.00. The maximum absolute atomic E-state index is 12.0. The number of nitrogens with zero attached hydrogens (tertiary/aromatic N) is 1. The highest BCUT2D eigenvalue weighted by molar-refractivity contribution is 6.01. The fourth-order valence-electron chi connectivity index (χ4n) is 1.47. The minimum Gasteiger partial charge on any atom is -0.481 e. The quantitative estimate of drug-likeness (QED) is 0.761. The van der Waals surface area contributed by atoms with Crippen molar-refractivity contribution in [2.24, 2.45) is 0 Å². The maximum Gasteiger partial charge on any atom is 0.305 e. The number of Topliss-reactive ketones (excluding diaryl/α,β-unsaturated/α-hetero) is 1. The topological polar surface area (TPSA) is 57.6 Å². The fraction of sp³-hybridized carbons (Fsp3) is 0.333. The second-order valence-corrected chi connectivity index (χ2v) is 3.81. The number of carboxylic acid groups (broad SMARTS) is 1. The zero-order chi connectivity index (χ0) is 12.1. The molecule has 0 heterocycles. The number of carbonyl (C=O) groups is 2. The predicted molar refractivity (Wildman–Crippen MR) is 60.5 cm³/mol. The summed E-state index contributed by atoms with van der Waals surface area (Å²) >= 11 is 0. The van der Waals surface area contributed by atoms with Crippen molar-refractivity contribution in [2.75, 3.05) is 14.1 Å². The van der Waals surface area contributed by atoms with E-state index in [1.165, 1.54) is 0 Å². The molecule has 0 aliphatic heterocycles. The molecule has 0 fully saturated rings. The highest BCUT2D eigenvalue weighted by Gasteiger charge is 2.24. The van der Waals surface area contributed by atoms with E-state index in [1.807, 2.05) is 6.07 Å². The average molecular weight is 221 g/mol. The third-order valence-electron chi connectivity index (χ3n) is 2.35. The Kier molecular flexibility index (Phi) is 4.19. The smallest absolute Gasteiger partial charge is 0.305 e. The summed E-state index contributed by atoms with van der Waals surface area (Å²) in [6.45, 7) is 0. The standard InChI is InChI=1S/C12H15NO3/c1-13(2)10(8-11(14)15)12(16)9-6-4-3-5-7-9/h3-7,10H,8H2,1-2H3,(H,14,15). The van der Waals surface area contributed by atoms with Crippen LogP contribution in [0.4, 0.5) is 0 Å². The van der Waals surface area contributed by atoms with Crippen LogP contribution in [0.3, 0.4) is 0 Å². The first kappa shape index (κ1) is 12.4. The number of benzene rings is 1. The number of carbonyl (C=O) groups excluding carboxylic acids is 1. The van der Waals surface area contributed by atoms with Gasteiger partial charge in [0, 0.05) is 5.56 Å². The van der Waals surface area contributed by atoms with Crippen LogP contribution in [0.5, 0.6) is 0 Å². The van der Waals surface area contributed by atoms with Gasteiger partial charge >= 0.3 is 5.97 Å². The molecular weight excluding hydrogens is 206 g/mol. The van der Waals surface area contributed by atoms with E-state index in [0.717, 1.165) is 0 Å². The molecule has 0 spiro atoms. The molecule has 0 bridgehead atoms. The average Bonchev–Trinajstić information content (AvgIpc) is 2.25. The van der Waals surface area contributed by atoms with Crippen LogP contribution in [-0.2, 0) is 4.79 Å². The zero-order valence-corrected chi connectivity index (χ0v) is 9.38. The SMILES string of the molecule is CN(C)C(CC(=O)O)C(=O)c1ccccc1. The number of hydrogen-bond donors (Lipinski definition) is 1. The summed E-state index contributed by atoms with van der Waals surface area (Å²) in [5.74, 6) is -1.13. The van der Waals surface area contributed by atoms with Crippen molar-refractivity contribution in [3.05, 3.63) is 35.9 Å².